The van der Waals surface area contributed by atoms with Gasteiger partial charge in [-0.1, -0.05) is 223 Å². The molecule has 8 unspecified atom stereocenters. The van der Waals surface area contributed by atoms with E-state index < -0.39 is 78.5 Å². The van der Waals surface area contributed by atoms with Crippen LogP contribution in [0.4, 0.5) is 0 Å². The van der Waals surface area contributed by atoms with Gasteiger partial charge in [-0.2, -0.15) is 8.42 Å². The van der Waals surface area contributed by atoms with Gasteiger partial charge in [0, 0.05) is 0 Å². The molecule has 7 N–H and O–H groups in total. The summed E-state index contributed by atoms with van der Waals surface area (Å²) in [6, 6.07) is -1.15. The molecule has 1 aliphatic rings. The molecule has 0 aromatic heterocycles. The molecule has 0 spiro atoms. The number of rotatable bonds is 49. The standard InChI is InChI=1S/C57H105NO12S/c1-3-5-7-9-11-13-15-17-19-21-23-25-26-28-30-32-34-36-38-40-42-44-46-51(61)56(64)58-49(48-68-57-54(63)55(70-71(65,66)67)53(62)52(47-59)69-57)50(60)45-43-41-39-37-35-33-31-29-27-24-22-20-18-16-14-12-10-8-6-4-2/h27-30,35,37,43,45,49-55,57,59-63H,3-26,31-34,36,38-42,44,46-48H2,1-2H3,(H,58,64)(H,65,66,67)/b29-27+,30-28-,37-35+,45-43+. The van der Waals surface area contributed by atoms with E-state index in [-0.39, 0.29) is 6.42 Å². The molecule has 1 fully saturated rings. The third-order valence-electron chi connectivity index (χ3n) is 13.4. The molecule has 1 amide bonds. The van der Waals surface area contributed by atoms with Gasteiger partial charge in [-0.05, 0) is 70.6 Å². The predicted molar refractivity (Wildman–Crippen MR) is 288 cm³/mol. The first-order chi connectivity index (χ1) is 34.4. The quantitative estimate of drug-likeness (QED) is 0.0172. The van der Waals surface area contributed by atoms with Crippen LogP contribution in [0.5, 0.6) is 0 Å². The summed E-state index contributed by atoms with van der Waals surface area (Å²) < 4.78 is 47.7. The summed E-state index contributed by atoms with van der Waals surface area (Å²) >= 11 is 0. The van der Waals surface area contributed by atoms with Gasteiger partial charge in [-0.25, -0.2) is 4.18 Å². The zero-order chi connectivity index (χ0) is 52.1. The van der Waals surface area contributed by atoms with Gasteiger partial charge in [0.05, 0.1) is 25.4 Å². The maximum absolute atomic E-state index is 13.2. The van der Waals surface area contributed by atoms with Crippen LogP contribution < -0.4 is 5.32 Å². The highest BCUT2D eigenvalue weighted by Crippen LogP contribution is 2.26. The van der Waals surface area contributed by atoms with Crippen LogP contribution in [0.3, 0.4) is 0 Å². The largest absolute Gasteiger partial charge is 0.397 e. The van der Waals surface area contributed by atoms with Gasteiger partial charge >= 0.3 is 10.4 Å². The van der Waals surface area contributed by atoms with E-state index in [4.69, 9.17) is 9.47 Å². The van der Waals surface area contributed by atoms with Crippen molar-refractivity contribution in [3.8, 4) is 0 Å². The highest BCUT2D eigenvalue weighted by molar-refractivity contribution is 7.80. The van der Waals surface area contributed by atoms with Crippen molar-refractivity contribution in [3.63, 3.8) is 0 Å². The maximum Gasteiger partial charge on any atom is 0.397 e. The smallest absolute Gasteiger partial charge is 0.394 e. The maximum atomic E-state index is 13.2. The summed E-state index contributed by atoms with van der Waals surface area (Å²) in [5.41, 5.74) is 0. The van der Waals surface area contributed by atoms with E-state index in [0.29, 0.717) is 12.8 Å². The number of carbonyl (C=O) groups is 1. The normalized spacial score (nSPS) is 20.3. The molecule has 1 heterocycles. The summed E-state index contributed by atoms with van der Waals surface area (Å²) in [6.07, 6.45) is 47.6. The van der Waals surface area contributed by atoms with E-state index in [9.17, 15) is 43.3 Å². The Morgan fingerprint density at radius 1 is 0.563 bits per heavy atom. The van der Waals surface area contributed by atoms with Crippen LogP contribution in [-0.2, 0) is 28.9 Å². The third-order valence-corrected chi connectivity index (χ3v) is 13.9. The van der Waals surface area contributed by atoms with Crippen LogP contribution in [-0.4, -0.2) is 107 Å². The number of nitrogens with one attached hydrogen (secondary N) is 1. The van der Waals surface area contributed by atoms with Crippen molar-refractivity contribution in [1.29, 1.82) is 0 Å². The number of unbranched alkanes of at least 4 members (excludes halogenated alkanes) is 30. The lowest BCUT2D eigenvalue weighted by molar-refractivity contribution is -0.298. The molecular weight excluding hydrogens is 923 g/mol. The first-order valence-electron chi connectivity index (χ1n) is 28.6. The minimum atomic E-state index is -5.13. The minimum Gasteiger partial charge on any atom is -0.394 e. The van der Waals surface area contributed by atoms with Crippen molar-refractivity contribution in [3.05, 3.63) is 48.6 Å². The Morgan fingerprint density at radius 3 is 1.35 bits per heavy atom. The van der Waals surface area contributed by atoms with Crippen molar-refractivity contribution in [2.24, 2.45) is 0 Å². The Hall–Kier alpha value is -1.98. The van der Waals surface area contributed by atoms with Crippen molar-refractivity contribution in [2.75, 3.05) is 13.2 Å². The summed E-state index contributed by atoms with van der Waals surface area (Å²) in [4.78, 5) is 13.2. The predicted octanol–water partition coefficient (Wildman–Crippen LogP) is 12.1. The van der Waals surface area contributed by atoms with Gasteiger partial charge < -0.3 is 40.3 Å². The topological polar surface area (TPSA) is 212 Å². The lowest BCUT2D eigenvalue weighted by atomic mass is 9.99. The van der Waals surface area contributed by atoms with E-state index in [1.54, 1.807) is 6.08 Å². The number of aliphatic hydroxyl groups is 5. The van der Waals surface area contributed by atoms with Crippen molar-refractivity contribution in [1.82, 2.24) is 5.32 Å². The zero-order valence-electron chi connectivity index (χ0n) is 44.6. The Balaban J connectivity index is 2.49. The Labute approximate surface area is 432 Å². The lowest BCUT2D eigenvalue weighted by Crippen LogP contribution is -2.61. The number of hydrogen-bond donors (Lipinski definition) is 7. The molecule has 0 radical (unpaired) electrons. The molecule has 1 aliphatic heterocycles. The SMILES string of the molecule is CCCCCCCCCCCC/C=C/CC/C=C/CC/C=C/C(O)C(COC1OC(CO)C(O)C(OS(=O)(=O)O)C1O)NC(=O)C(O)CCCCCCCC/C=C\CCCCCCCCCCCCCC. The molecule has 8 atom stereocenters. The van der Waals surface area contributed by atoms with E-state index in [1.807, 2.05) is 0 Å². The van der Waals surface area contributed by atoms with Crippen LogP contribution >= 0.6 is 0 Å². The minimum absolute atomic E-state index is 0.226. The Kier molecular flexibility index (Phi) is 43.9. The van der Waals surface area contributed by atoms with Gasteiger partial charge in [0.15, 0.2) is 6.29 Å². The average molecular weight is 1030 g/mol. The molecule has 0 aromatic rings. The van der Waals surface area contributed by atoms with E-state index in [0.717, 1.165) is 70.6 Å². The third kappa shape index (κ3) is 38.3. The number of hydrogen-bond acceptors (Lipinski definition) is 11. The van der Waals surface area contributed by atoms with Crippen LogP contribution in [0.2, 0.25) is 0 Å². The summed E-state index contributed by atoms with van der Waals surface area (Å²) in [7, 11) is -5.13. The van der Waals surface area contributed by atoms with Crippen LogP contribution in [0.1, 0.15) is 245 Å². The fourth-order valence-corrected chi connectivity index (χ4v) is 9.41. The van der Waals surface area contributed by atoms with Crippen LogP contribution in [0.25, 0.3) is 0 Å². The Morgan fingerprint density at radius 2 is 0.944 bits per heavy atom. The van der Waals surface area contributed by atoms with Gasteiger partial charge in [0.25, 0.3) is 0 Å². The number of carbonyl (C=O) groups excluding carboxylic acids is 1. The number of ether oxygens (including phenoxy) is 2. The molecule has 71 heavy (non-hydrogen) atoms. The summed E-state index contributed by atoms with van der Waals surface area (Å²) in [6.45, 7) is 3.23. The molecule has 0 bridgehead atoms. The monoisotopic (exact) mass is 1030 g/mol. The second kappa shape index (κ2) is 46.5. The molecule has 1 rings (SSSR count). The van der Waals surface area contributed by atoms with Gasteiger partial charge in [-0.3, -0.25) is 9.35 Å². The van der Waals surface area contributed by atoms with Gasteiger partial charge in [0.2, 0.25) is 5.91 Å². The number of allylic oxidation sites excluding steroid dienone is 7. The van der Waals surface area contributed by atoms with Crippen LogP contribution in [0.15, 0.2) is 48.6 Å². The summed E-state index contributed by atoms with van der Waals surface area (Å²) in [5, 5.41) is 55.5. The molecule has 1 saturated heterocycles. The average Bonchev–Trinajstić information content (AvgIpc) is 3.35. The van der Waals surface area contributed by atoms with E-state index >= 15 is 0 Å². The first-order valence-corrected chi connectivity index (χ1v) is 30.0. The zero-order valence-corrected chi connectivity index (χ0v) is 45.5. The second-order valence-corrected chi connectivity index (χ2v) is 21.0. The molecule has 0 aliphatic carbocycles. The van der Waals surface area contributed by atoms with E-state index in [1.165, 1.54) is 147 Å². The Bertz CT molecular complexity index is 1460. The number of aliphatic hydroxyl groups excluding tert-OH is 5. The number of amides is 1. The molecule has 13 nitrogen and oxygen atoms in total. The fourth-order valence-electron chi connectivity index (χ4n) is 8.90. The van der Waals surface area contributed by atoms with E-state index in [2.05, 4.69) is 59.8 Å². The molecule has 0 saturated carbocycles. The molecular formula is C57H105NO12S. The molecule has 14 heteroatoms. The lowest BCUT2D eigenvalue weighted by Gasteiger charge is -2.41. The van der Waals surface area contributed by atoms with Gasteiger partial charge in [-0.15, -0.1) is 0 Å². The second-order valence-electron chi connectivity index (χ2n) is 20.0. The van der Waals surface area contributed by atoms with Crippen molar-refractivity contribution in [2.45, 2.75) is 294 Å². The van der Waals surface area contributed by atoms with Crippen molar-refractivity contribution >= 4 is 16.3 Å². The van der Waals surface area contributed by atoms with Crippen molar-refractivity contribution < 1.29 is 57.0 Å². The fraction of sp³-hybridized carbons (Fsp3) is 0.842. The highest BCUT2D eigenvalue weighted by atomic mass is 32.3. The van der Waals surface area contributed by atoms with Crippen LogP contribution in [0, 0.1) is 0 Å². The molecule has 0 aromatic carbocycles. The summed E-state index contributed by atoms with van der Waals surface area (Å²) in [5.74, 6) is -0.719. The van der Waals surface area contributed by atoms with Gasteiger partial charge in [0.1, 0.15) is 30.5 Å². The first kappa shape index (κ1) is 67.0. The molecule has 416 valence electrons. The highest BCUT2D eigenvalue weighted by Gasteiger charge is 2.48.